The van der Waals surface area contributed by atoms with Gasteiger partial charge in [-0.2, -0.15) is 0 Å². The Labute approximate surface area is 243 Å². The Kier molecular flexibility index (Phi) is 7.30. The molecule has 218 valence electrons. The van der Waals surface area contributed by atoms with Crippen molar-refractivity contribution in [2.75, 3.05) is 33.3 Å². The van der Waals surface area contributed by atoms with E-state index in [4.69, 9.17) is 4.74 Å². The second kappa shape index (κ2) is 11.1. The number of aromatic amines is 1. The Balaban J connectivity index is 1.38. The number of hydrogen-bond acceptors (Lipinski definition) is 5. The number of H-pyrrole nitrogens is 1. The van der Waals surface area contributed by atoms with Crippen molar-refractivity contribution in [1.29, 1.82) is 0 Å². The highest BCUT2D eigenvalue weighted by molar-refractivity contribution is 6.05. The Morgan fingerprint density at radius 3 is 2.67 bits per heavy atom. The van der Waals surface area contributed by atoms with Gasteiger partial charge < -0.3 is 19.5 Å². The fourth-order valence-corrected chi connectivity index (χ4v) is 6.03. The predicted molar refractivity (Wildman–Crippen MR) is 158 cm³/mol. The number of aryl methyl sites for hydroxylation is 1. The number of methoxy groups -OCH3 is 1. The highest BCUT2D eigenvalue weighted by atomic mass is 19.1. The lowest BCUT2D eigenvalue weighted by atomic mass is 9.93. The summed E-state index contributed by atoms with van der Waals surface area (Å²) >= 11 is 0. The minimum absolute atomic E-state index is 0.0242. The van der Waals surface area contributed by atoms with Crippen molar-refractivity contribution >= 4 is 28.3 Å². The molecule has 10 heteroatoms. The van der Waals surface area contributed by atoms with Gasteiger partial charge in [0.25, 0.3) is 5.91 Å². The standard InChI is InChI=1S/C32H35FN6O3/c1-32(2)11-15-38(20-32)31(41)26-18-25-24(22-8-4-5-9-27(22)42-3)17-23(29(33)30(25)35-26)21-7-6-13-37(19-21)28(40)10-14-39-16-12-34-36-39/h4-5,7-9,12,16-18,35H,6,10-11,13-15,19-20H2,1-3H3. The highest BCUT2D eigenvalue weighted by Crippen LogP contribution is 2.40. The van der Waals surface area contributed by atoms with Crippen molar-refractivity contribution in [3.63, 3.8) is 0 Å². The molecular formula is C32H35FN6O3. The number of nitrogens with zero attached hydrogens (tertiary/aromatic N) is 5. The van der Waals surface area contributed by atoms with Crippen LogP contribution in [0.2, 0.25) is 0 Å². The average Bonchev–Trinajstić information content (AvgIpc) is 3.76. The highest BCUT2D eigenvalue weighted by Gasteiger charge is 2.33. The van der Waals surface area contributed by atoms with E-state index in [-0.39, 0.29) is 29.2 Å². The van der Waals surface area contributed by atoms with Gasteiger partial charge in [-0.3, -0.25) is 14.3 Å². The molecule has 42 heavy (non-hydrogen) atoms. The van der Waals surface area contributed by atoms with Gasteiger partial charge in [-0.1, -0.05) is 43.3 Å². The first kappa shape index (κ1) is 27.7. The molecule has 0 aliphatic carbocycles. The quantitative estimate of drug-likeness (QED) is 0.332. The number of carbonyl (C=O) groups is 2. The Morgan fingerprint density at radius 1 is 1.10 bits per heavy atom. The largest absolute Gasteiger partial charge is 0.496 e. The Morgan fingerprint density at radius 2 is 1.93 bits per heavy atom. The summed E-state index contributed by atoms with van der Waals surface area (Å²) in [6.45, 7) is 6.91. The van der Waals surface area contributed by atoms with Gasteiger partial charge in [0.15, 0.2) is 5.82 Å². The Hall–Kier alpha value is -4.47. The van der Waals surface area contributed by atoms with Crippen LogP contribution in [0.5, 0.6) is 5.75 Å². The van der Waals surface area contributed by atoms with Crippen molar-refractivity contribution < 1.29 is 18.7 Å². The van der Waals surface area contributed by atoms with Crippen LogP contribution in [0.15, 0.2) is 54.9 Å². The number of rotatable bonds is 7. The Bertz CT molecular complexity index is 1670. The average molecular weight is 571 g/mol. The molecule has 2 amide bonds. The van der Waals surface area contributed by atoms with Gasteiger partial charge in [0.2, 0.25) is 5.91 Å². The van der Waals surface area contributed by atoms with E-state index in [1.54, 1.807) is 35.2 Å². The van der Waals surface area contributed by atoms with Crippen LogP contribution in [-0.4, -0.2) is 74.9 Å². The van der Waals surface area contributed by atoms with Crippen molar-refractivity contribution in [2.45, 2.75) is 39.7 Å². The number of ether oxygens (including phenoxy) is 1. The molecule has 2 aliphatic rings. The van der Waals surface area contributed by atoms with E-state index >= 15 is 4.39 Å². The lowest BCUT2D eigenvalue weighted by Crippen LogP contribution is -2.36. The molecule has 2 aliphatic heterocycles. The molecule has 0 saturated carbocycles. The summed E-state index contributed by atoms with van der Waals surface area (Å²) in [5, 5.41) is 8.33. The van der Waals surface area contributed by atoms with Crippen molar-refractivity contribution in [3.05, 3.63) is 71.9 Å². The number of benzene rings is 2. The third-order valence-corrected chi connectivity index (χ3v) is 8.32. The molecule has 2 aromatic carbocycles. The summed E-state index contributed by atoms with van der Waals surface area (Å²) in [5.74, 6) is 0.0513. The third kappa shape index (κ3) is 5.29. The van der Waals surface area contributed by atoms with Crippen molar-refractivity contribution in [3.8, 4) is 16.9 Å². The van der Waals surface area contributed by atoms with E-state index in [1.807, 2.05) is 41.3 Å². The summed E-state index contributed by atoms with van der Waals surface area (Å²) < 4.78 is 23.7. The van der Waals surface area contributed by atoms with E-state index in [2.05, 4.69) is 29.1 Å². The molecule has 6 rings (SSSR count). The maximum Gasteiger partial charge on any atom is 0.270 e. The van der Waals surface area contributed by atoms with Gasteiger partial charge in [0.05, 0.1) is 25.4 Å². The van der Waals surface area contributed by atoms with E-state index in [1.165, 1.54) is 0 Å². The van der Waals surface area contributed by atoms with Crippen molar-refractivity contribution in [1.82, 2.24) is 29.8 Å². The third-order valence-electron chi connectivity index (χ3n) is 8.32. The molecule has 4 aromatic rings. The van der Waals surface area contributed by atoms with Crippen LogP contribution in [0.1, 0.15) is 49.2 Å². The van der Waals surface area contributed by atoms with Gasteiger partial charge >= 0.3 is 0 Å². The fraction of sp³-hybridized carbons (Fsp3) is 0.375. The minimum Gasteiger partial charge on any atom is -0.496 e. The van der Waals surface area contributed by atoms with Crippen LogP contribution in [0, 0.1) is 11.2 Å². The van der Waals surface area contributed by atoms with Crippen LogP contribution in [0.4, 0.5) is 4.39 Å². The zero-order valence-corrected chi connectivity index (χ0v) is 24.2. The summed E-state index contributed by atoms with van der Waals surface area (Å²) in [6.07, 6.45) is 7.12. The van der Waals surface area contributed by atoms with Gasteiger partial charge in [0.1, 0.15) is 11.4 Å². The molecule has 9 nitrogen and oxygen atoms in total. The number of para-hydroxylation sites is 1. The number of hydrogen-bond donors (Lipinski definition) is 1. The fourth-order valence-electron chi connectivity index (χ4n) is 6.03. The molecule has 0 atom stereocenters. The van der Waals surface area contributed by atoms with Crippen LogP contribution < -0.4 is 4.74 Å². The molecular weight excluding hydrogens is 535 g/mol. The van der Waals surface area contributed by atoms with Crippen LogP contribution in [-0.2, 0) is 11.3 Å². The molecule has 0 bridgehead atoms. The lowest BCUT2D eigenvalue weighted by molar-refractivity contribution is -0.131. The zero-order valence-electron chi connectivity index (χ0n) is 24.2. The first-order chi connectivity index (χ1) is 20.2. The number of likely N-dealkylation sites (tertiary alicyclic amines) is 1. The second-order valence-electron chi connectivity index (χ2n) is 11.8. The van der Waals surface area contributed by atoms with E-state index in [0.29, 0.717) is 61.5 Å². The topological polar surface area (TPSA) is 96.3 Å². The normalized spacial score (nSPS) is 16.6. The maximum absolute atomic E-state index is 16.4. The maximum atomic E-state index is 16.4. The number of amides is 2. The summed E-state index contributed by atoms with van der Waals surface area (Å²) in [6, 6.07) is 11.2. The molecule has 1 saturated heterocycles. The zero-order chi connectivity index (χ0) is 29.4. The molecule has 1 fully saturated rings. The first-order valence-electron chi connectivity index (χ1n) is 14.3. The number of fused-ring (bicyclic) bond motifs is 1. The van der Waals surface area contributed by atoms with Gasteiger partial charge in [-0.05, 0) is 47.6 Å². The number of carbonyl (C=O) groups excluding carboxylic acids is 2. The number of aromatic nitrogens is 4. The smallest absolute Gasteiger partial charge is 0.270 e. The monoisotopic (exact) mass is 570 g/mol. The number of nitrogens with one attached hydrogen (secondary N) is 1. The molecule has 1 N–H and O–H groups in total. The molecule has 2 aromatic heterocycles. The minimum atomic E-state index is -0.437. The SMILES string of the molecule is COc1ccccc1-c1cc(C2=CCCN(C(=O)CCn3ccnn3)C2)c(F)c2[nH]c(C(=O)N3CCC(C)(C)C3)cc12. The first-order valence-corrected chi connectivity index (χ1v) is 14.3. The van der Waals surface area contributed by atoms with E-state index in [9.17, 15) is 9.59 Å². The van der Waals surface area contributed by atoms with Gasteiger partial charge in [-0.25, -0.2) is 4.39 Å². The summed E-state index contributed by atoms with van der Waals surface area (Å²) in [5.41, 5.74) is 3.36. The van der Waals surface area contributed by atoms with Crippen molar-refractivity contribution in [2.24, 2.45) is 5.41 Å². The molecule has 0 unspecified atom stereocenters. The summed E-state index contributed by atoms with van der Waals surface area (Å²) in [4.78, 5) is 33.3. The van der Waals surface area contributed by atoms with E-state index < -0.39 is 5.82 Å². The van der Waals surface area contributed by atoms with E-state index in [0.717, 1.165) is 23.1 Å². The molecule has 0 radical (unpaired) electrons. The lowest BCUT2D eigenvalue weighted by Gasteiger charge is -2.28. The molecule has 4 heterocycles. The van der Waals surface area contributed by atoms with Crippen LogP contribution in [0.25, 0.3) is 27.6 Å². The van der Waals surface area contributed by atoms with Gasteiger partial charge in [0, 0.05) is 55.3 Å². The predicted octanol–water partition coefficient (Wildman–Crippen LogP) is 5.15. The number of halogens is 1. The summed E-state index contributed by atoms with van der Waals surface area (Å²) in [7, 11) is 1.61. The van der Waals surface area contributed by atoms with Gasteiger partial charge in [-0.15, -0.1) is 5.10 Å². The molecule has 0 spiro atoms. The van der Waals surface area contributed by atoms with Crippen LogP contribution >= 0.6 is 0 Å². The second-order valence-corrected chi connectivity index (χ2v) is 11.8. The van der Waals surface area contributed by atoms with Crippen LogP contribution in [0.3, 0.4) is 0 Å².